The van der Waals surface area contributed by atoms with E-state index in [0.717, 1.165) is 4.90 Å². The lowest BCUT2D eigenvalue weighted by Crippen LogP contribution is -2.27. The molecule has 0 fully saturated rings. The summed E-state index contributed by atoms with van der Waals surface area (Å²) in [6.07, 6.45) is 1.21. The first kappa shape index (κ1) is 24.9. The number of Topliss-reactive ketones (excluding diaryl/α,β-unsaturated/α-hetero) is 1. The third-order valence-electron chi connectivity index (χ3n) is 3.91. The molecule has 0 saturated heterocycles. The number of carbonyl (C=O) groups is 4. The van der Waals surface area contributed by atoms with E-state index in [9.17, 15) is 19.2 Å². The predicted octanol–water partition coefficient (Wildman–Crippen LogP) is 4.75. The zero-order valence-corrected chi connectivity index (χ0v) is 19.4. The third kappa shape index (κ3) is 7.73. The van der Waals surface area contributed by atoms with Gasteiger partial charge in [0.2, 0.25) is 5.91 Å². The van der Waals surface area contributed by atoms with Crippen molar-refractivity contribution in [1.29, 1.82) is 0 Å². The Morgan fingerprint density at radius 3 is 2.31 bits per heavy atom. The summed E-state index contributed by atoms with van der Waals surface area (Å²) < 4.78 is 10.3. The van der Waals surface area contributed by atoms with E-state index in [-0.39, 0.29) is 11.5 Å². The molecule has 2 aromatic carbocycles. The molecule has 0 radical (unpaired) electrons. The summed E-state index contributed by atoms with van der Waals surface area (Å²) in [6, 6.07) is 11.0. The molecule has 8 nitrogen and oxygen atoms in total. The molecule has 2 rings (SSSR count). The molecule has 170 valence electrons. The minimum absolute atomic E-state index is 0.169. The van der Waals surface area contributed by atoms with Gasteiger partial charge < -0.3 is 14.8 Å². The Hall–Kier alpha value is -3.33. The Morgan fingerprint density at radius 2 is 1.69 bits per heavy atom. The molecular formula is C23H26N2O6S. The minimum atomic E-state index is -0.714. The molecule has 2 aromatic rings. The van der Waals surface area contributed by atoms with Crippen molar-refractivity contribution in [2.24, 2.45) is 0 Å². The Bertz CT molecular complexity index is 1030. The Kier molecular flexibility index (Phi) is 8.42. The van der Waals surface area contributed by atoms with Gasteiger partial charge in [0.05, 0.1) is 11.3 Å². The lowest BCUT2D eigenvalue weighted by Gasteiger charge is -2.19. The molecule has 0 atom stereocenters. The number of nitrogens with one attached hydrogen (secondary N) is 2. The average Bonchev–Trinajstić information content (AvgIpc) is 2.70. The average molecular weight is 459 g/mol. The van der Waals surface area contributed by atoms with Crippen LogP contribution in [-0.2, 0) is 14.3 Å². The van der Waals surface area contributed by atoms with Crippen LogP contribution in [0.5, 0.6) is 0 Å². The number of carbonyl (C=O) groups excluding carboxylic acids is 4. The van der Waals surface area contributed by atoms with Gasteiger partial charge in [-0.25, -0.2) is 9.59 Å². The summed E-state index contributed by atoms with van der Waals surface area (Å²) in [5, 5.41) is 5.23. The molecule has 0 bridgehead atoms. The second kappa shape index (κ2) is 10.8. The van der Waals surface area contributed by atoms with E-state index >= 15 is 0 Å². The van der Waals surface area contributed by atoms with Crippen LogP contribution in [-0.4, -0.2) is 42.2 Å². The van der Waals surface area contributed by atoms with Crippen LogP contribution >= 0.6 is 11.8 Å². The Labute approximate surface area is 191 Å². The van der Waals surface area contributed by atoms with Crippen LogP contribution in [0.25, 0.3) is 0 Å². The van der Waals surface area contributed by atoms with Crippen molar-refractivity contribution in [3.63, 3.8) is 0 Å². The highest BCUT2D eigenvalue weighted by molar-refractivity contribution is 7.98. The van der Waals surface area contributed by atoms with E-state index in [2.05, 4.69) is 10.6 Å². The number of rotatable bonds is 7. The molecule has 0 aromatic heterocycles. The third-order valence-corrected chi connectivity index (χ3v) is 4.71. The number of hydrogen-bond acceptors (Lipinski definition) is 7. The molecule has 0 aliphatic heterocycles. The minimum Gasteiger partial charge on any atom is -0.454 e. The number of hydrogen-bond donors (Lipinski definition) is 2. The van der Waals surface area contributed by atoms with E-state index in [1.807, 2.05) is 6.26 Å². The second-order valence-corrected chi connectivity index (χ2v) is 8.65. The highest BCUT2D eigenvalue weighted by Gasteiger charge is 2.18. The maximum Gasteiger partial charge on any atom is 0.412 e. The first-order chi connectivity index (χ1) is 15.0. The first-order valence-corrected chi connectivity index (χ1v) is 11.0. The molecular weight excluding hydrogens is 432 g/mol. The largest absolute Gasteiger partial charge is 0.454 e. The quantitative estimate of drug-likeness (QED) is 0.350. The molecule has 2 amide bonds. The smallest absolute Gasteiger partial charge is 0.412 e. The fourth-order valence-electron chi connectivity index (χ4n) is 2.61. The number of amides is 2. The molecule has 0 unspecified atom stereocenters. The van der Waals surface area contributed by atoms with Gasteiger partial charge in [-0.15, -0.1) is 11.8 Å². The highest BCUT2D eigenvalue weighted by Crippen LogP contribution is 2.27. The van der Waals surface area contributed by atoms with Crippen LogP contribution in [0.15, 0.2) is 47.4 Å². The molecule has 32 heavy (non-hydrogen) atoms. The molecule has 9 heteroatoms. The lowest BCUT2D eigenvalue weighted by molar-refractivity contribution is -0.114. The zero-order chi connectivity index (χ0) is 23.9. The van der Waals surface area contributed by atoms with Gasteiger partial charge in [-0.1, -0.05) is 12.1 Å². The molecule has 0 heterocycles. The topological polar surface area (TPSA) is 111 Å². The second-order valence-electron chi connectivity index (χ2n) is 7.80. The molecule has 0 aliphatic carbocycles. The van der Waals surface area contributed by atoms with Crippen molar-refractivity contribution >= 4 is 46.9 Å². The van der Waals surface area contributed by atoms with Crippen molar-refractivity contribution in [2.45, 2.75) is 38.2 Å². The van der Waals surface area contributed by atoms with E-state index < -0.39 is 30.1 Å². The van der Waals surface area contributed by atoms with Gasteiger partial charge in [0.15, 0.2) is 12.4 Å². The summed E-state index contributed by atoms with van der Waals surface area (Å²) in [7, 11) is 0. The summed E-state index contributed by atoms with van der Waals surface area (Å²) in [5.74, 6) is -1.38. The molecule has 0 spiro atoms. The van der Waals surface area contributed by atoms with Crippen LogP contribution < -0.4 is 10.6 Å². The van der Waals surface area contributed by atoms with Gasteiger partial charge in [-0.3, -0.25) is 14.9 Å². The standard InChI is InChI=1S/C23H26N2O6S/c1-14(26)24-18-12-15(9-10-20(18)32-5)19(27)13-30-21(28)16-7-6-8-17(11-16)25-22(29)31-23(2,3)4/h6-12H,13H2,1-5H3,(H,24,26)(H,25,29). The Morgan fingerprint density at radius 1 is 0.969 bits per heavy atom. The molecule has 2 N–H and O–H groups in total. The van der Waals surface area contributed by atoms with Crippen LogP contribution in [0.3, 0.4) is 0 Å². The van der Waals surface area contributed by atoms with Crippen LogP contribution in [0, 0.1) is 0 Å². The summed E-state index contributed by atoms with van der Waals surface area (Å²) in [6.45, 7) is 6.13. The van der Waals surface area contributed by atoms with E-state index in [0.29, 0.717) is 16.9 Å². The van der Waals surface area contributed by atoms with Crippen LogP contribution in [0.1, 0.15) is 48.4 Å². The van der Waals surface area contributed by atoms with Crippen molar-refractivity contribution in [3.8, 4) is 0 Å². The zero-order valence-electron chi connectivity index (χ0n) is 18.6. The van der Waals surface area contributed by atoms with Gasteiger partial charge in [0, 0.05) is 23.1 Å². The fraction of sp³-hybridized carbons (Fsp3) is 0.304. The number of ketones is 1. The van der Waals surface area contributed by atoms with E-state index in [1.165, 1.54) is 30.8 Å². The van der Waals surface area contributed by atoms with Crippen LogP contribution in [0.4, 0.5) is 16.2 Å². The molecule has 0 aliphatic rings. The number of esters is 1. The normalized spacial score (nSPS) is 10.8. The number of ether oxygens (including phenoxy) is 2. The van der Waals surface area contributed by atoms with Crippen molar-refractivity contribution in [2.75, 3.05) is 23.5 Å². The fourth-order valence-corrected chi connectivity index (χ4v) is 3.15. The maximum atomic E-state index is 12.5. The maximum absolute atomic E-state index is 12.5. The van der Waals surface area contributed by atoms with Gasteiger partial charge in [0.25, 0.3) is 0 Å². The number of benzene rings is 2. The van der Waals surface area contributed by atoms with Gasteiger partial charge in [-0.2, -0.15) is 0 Å². The van der Waals surface area contributed by atoms with Gasteiger partial charge in [-0.05, 0) is 57.4 Å². The highest BCUT2D eigenvalue weighted by atomic mass is 32.2. The monoisotopic (exact) mass is 458 g/mol. The summed E-state index contributed by atoms with van der Waals surface area (Å²) in [4.78, 5) is 49.0. The van der Waals surface area contributed by atoms with Gasteiger partial charge >= 0.3 is 12.1 Å². The first-order valence-electron chi connectivity index (χ1n) is 9.74. The summed E-state index contributed by atoms with van der Waals surface area (Å²) >= 11 is 1.43. The predicted molar refractivity (Wildman–Crippen MR) is 123 cm³/mol. The van der Waals surface area contributed by atoms with Crippen molar-refractivity contribution < 1.29 is 28.7 Å². The number of thioether (sulfide) groups is 1. The lowest BCUT2D eigenvalue weighted by atomic mass is 10.1. The summed E-state index contributed by atoms with van der Waals surface area (Å²) in [5.41, 5.74) is 0.688. The van der Waals surface area contributed by atoms with Gasteiger partial charge in [0.1, 0.15) is 5.60 Å². The molecule has 0 saturated carbocycles. The van der Waals surface area contributed by atoms with Crippen molar-refractivity contribution in [1.82, 2.24) is 0 Å². The van der Waals surface area contributed by atoms with Crippen molar-refractivity contribution in [3.05, 3.63) is 53.6 Å². The number of anilines is 2. The van der Waals surface area contributed by atoms with Crippen LogP contribution in [0.2, 0.25) is 0 Å². The SMILES string of the molecule is CSc1ccc(C(=O)COC(=O)c2cccc(NC(=O)OC(C)(C)C)c2)cc1NC(C)=O. The van der Waals surface area contributed by atoms with E-state index in [4.69, 9.17) is 9.47 Å². The van der Waals surface area contributed by atoms with E-state index in [1.54, 1.807) is 51.1 Å². The Balaban J connectivity index is 2.02.